The molecule has 2 fully saturated rings. The van der Waals surface area contributed by atoms with Crippen LogP contribution in [0.5, 0.6) is 0 Å². The van der Waals surface area contributed by atoms with Gasteiger partial charge >= 0.3 is 6.09 Å². The third-order valence-electron chi connectivity index (χ3n) is 4.28. The van der Waals surface area contributed by atoms with E-state index in [1.54, 1.807) is 0 Å². The Morgan fingerprint density at radius 1 is 1.28 bits per heavy atom. The normalized spacial score (nSPS) is 24.3. The lowest BCUT2D eigenvalue weighted by molar-refractivity contribution is -0.119. The molecule has 0 radical (unpaired) electrons. The molecule has 0 aliphatic carbocycles. The summed E-state index contributed by atoms with van der Waals surface area (Å²) in [5, 5.41) is 2.58. The fraction of sp³-hybridized carbons (Fsp3) is 0.500. The second-order valence-corrected chi connectivity index (χ2v) is 7.98. The second kappa shape index (κ2) is 7.01. The first kappa shape index (κ1) is 17.7. The first-order valence-electron chi connectivity index (χ1n) is 8.10. The average Bonchev–Trinajstić information content (AvgIpc) is 2.89. The number of benzene rings is 1. The third-order valence-corrected chi connectivity index (χ3v) is 5.55. The average molecular weight is 366 g/mol. The van der Waals surface area contributed by atoms with Gasteiger partial charge in [-0.3, -0.25) is 19.6 Å². The largest absolute Gasteiger partial charge is 0.424 e. The van der Waals surface area contributed by atoms with Crippen LogP contribution in [0.3, 0.4) is 0 Å². The summed E-state index contributed by atoms with van der Waals surface area (Å²) in [5.74, 6) is 1.13. The smallest absolute Gasteiger partial charge is 0.416 e. The fourth-order valence-corrected chi connectivity index (χ4v) is 3.95. The molecule has 0 aromatic heterocycles. The number of rotatable bonds is 4. The first-order chi connectivity index (χ1) is 11.9. The number of hydrogen-bond acceptors (Lipinski definition) is 6. The van der Waals surface area contributed by atoms with E-state index in [1.807, 2.05) is 24.3 Å². The molecule has 0 unspecified atom stereocenters. The number of ether oxygens (including phenoxy) is 1. The van der Waals surface area contributed by atoms with Crippen LogP contribution in [0.2, 0.25) is 0 Å². The SMILES string of the molecule is CC(=O)NC[C@@]1(N)CN(c2ccc(N3CCS(=O)CC3)cc2)C(=O)O1. The highest BCUT2D eigenvalue weighted by Crippen LogP contribution is 2.27. The summed E-state index contributed by atoms with van der Waals surface area (Å²) in [6, 6.07) is 7.54. The van der Waals surface area contributed by atoms with Crippen molar-refractivity contribution in [1.82, 2.24) is 5.32 Å². The molecule has 2 aliphatic rings. The van der Waals surface area contributed by atoms with Crippen molar-refractivity contribution in [2.24, 2.45) is 5.73 Å². The van der Waals surface area contributed by atoms with Crippen LogP contribution in [-0.4, -0.2) is 59.6 Å². The molecule has 25 heavy (non-hydrogen) atoms. The van der Waals surface area contributed by atoms with Crippen LogP contribution in [0.4, 0.5) is 16.2 Å². The molecular formula is C16H22N4O4S. The van der Waals surface area contributed by atoms with Crippen molar-refractivity contribution in [2.75, 3.05) is 47.5 Å². The molecule has 1 aromatic carbocycles. The molecule has 0 saturated carbocycles. The van der Waals surface area contributed by atoms with Crippen molar-refractivity contribution >= 4 is 34.2 Å². The van der Waals surface area contributed by atoms with Crippen molar-refractivity contribution < 1.29 is 18.5 Å². The maximum absolute atomic E-state index is 12.1. The van der Waals surface area contributed by atoms with Crippen LogP contribution in [0.15, 0.2) is 24.3 Å². The monoisotopic (exact) mass is 366 g/mol. The summed E-state index contributed by atoms with van der Waals surface area (Å²) in [4.78, 5) is 26.8. The van der Waals surface area contributed by atoms with Crippen molar-refractivity contribution in [3.63, 3.8) is 0 Å². The van der Waals surface area contributed by atoms with E-state index in [0.717, 1.165) is 18.8 Å². The van der Waals surface area contributed by atoms with Crippen molar-refractivity contribution in [2.45, 2.75) is 12.6 Å². The number of carbonyl (C=O) groups excluding carboxylic acids is 2. The Hall–Kier alpha value is -2.13. The minimum Gasteiger partial charge on any atom is -0.424 e. The molecule has 2 saturated heterocycles. The van der Waals surface area contributed by atoms with E-state index in [4.69, 9.17) is 10.5 Å². The molecule has 2 aliphatic heterocycles. The highest BCUT2D eigenvalue weighted by Gasteiger charge is 2.43. The van der Waals surface area contributed by atoms with Crippen LogP contribution in [0, 0.1) is 0 Å². The van der Waals surface area contributed by atoms with Gasteiger partial charge in [0.25, 0.3) is 0 Å². The van der Waals surface area contributed by atoms with Crippen molar-refractivity contribution in [1.29, 1.82) is 0 Å². The number of nitrogens with one attached hydrogen (secondary N) is 1. The number of anilines is 2. The Kier molecular flexibility index (Phi) is 4.96. The van der Waals surface area contributed by atoms with Gasteiger partial charge in [0, 0.05) is 53.7 Å². The molecule has 3 rings (SSSR count). The molecular weight excluding hydrogens is 344 g/mol. The zero-order valence-electron chi connectivity index (χ0n) is 14.1. The molecule has 9 heteroatoms. The summed E-state index contributed by atoms with van der Waals surface area (Å²) in [5.41, 5.74) is 6.53. The van der Waals surface area contributed by atoms with E-state index >= 15 is 0 Å². The molecule has 0 bridgehead atoms. The molecule has 1 atom stereocenters. The number of amides is 2. The zero-order valence-corrected chi connectivity index (χ0v) is 14.9. The van der Waals surface area contributed by atoms with Gasteiger partial charge in [0.2, 0.25) is 5.91 Å². The van der Waals surface area contributed by atoms with E-state index in [2.05, 4.69) is 10.2 Å². The predicted molar refractivity (Wildman–Crippen MR) is 96.0 cm³/mol. The molecule has 2 amide bonds. The Labute approximate surface area is 148 Å². The third kappa shape index (κ3) is 4.10. The van der Waals surface area contributed by atoms with Gasteiger partial charge in [-0.2, -0.15) is 0 Å². The van der Waals surface area contributed by atoms with Gasteiger partial charge < -0.3 is 15.0 Å². The Morgan fingerprint density at radius 3 is 2.48 bits per heavy atom. The highest BCUT2D eigenvalue weighted by molar-refractivity contribution is 7.85. The molecule has 1 aromatic rings. The van der Waals surface area contributed by atoms with Gasteiger partial charge in [0.05, 0.1) is 13.1 Å². The second-order valence-electron chi connectivity index (χ2n) is 6.28. The number of carbonyl (C=O) groups is 2. The summed E-state index contributed by atoms with van der Waals surface area (Å²) in [7, 11) is -0.715. The van der Waals surface area contributed by atoms with Gasteiger partial charge in [-0.15, -0.1) is 0 Å². The van der Waals surface area contributed by atoms with Crippen molar-refractivity contribution in [3.8, 4) is 0 Å². The Bertz CT molecular complexity index is 686. The van der Waals surface area contributed by atoms with Crippen LogP contribution in [0.25, 0.3) is 0 Å². The number of cyclic esters (lactones) is 1. The minimum atomic E-state index is -1.24. The topological polar surface area (TPSA) is 105 Å². The van der Waals surface area contributed by atoms with Crippen LogP contribution in [0.1, 0.15) is 6.92 Å². The van der Waals surface area contributed by atoms with E-state index in [0.29, 0.717) is 17.2 Å². The lowest BCUT2D eigenvalue weighted by Crippen LogP contribution is -2.53. The summed E-state index contributed by atoms with van der Waals surface area (Å²) >= 11 is 0. The predicted octanol–water partition coefficient (Wildman–Crippen LogP) is 0.00300. The van der Waals surface area contributed by atoms with Gasteiger partial charge in [0.1, 0.15) is 0 Å². The van der Waals surface area contributed by atoms with E-state index < -0.39 is 22.6 Å². The first-order valence-corrected chi connectivity index (χ1v) is 9.59. The maximum atomic E-state index is 12.1. The lowest BCUT2D eigenvalue weighted by Gasteiger charge is -2.28. The molecule has 2 heterocycles. The van der Waals surface area contributed by atoms with E-state index in [1.165, 1.54) is 11.8 Å². The summed E-state index contributed by atoms with van der Waals surface area (Å²) in [6.07, 6.45) is -0.533. The highest BCUT2D eigenvalue weighted by atomic mass is 32.2. The van der Waals surface area contributed by atoms with Crippen LogP contribution < -0.4 is 20.9 Å². The number of nitrogens with zero attached hydrogens (tertiary/aromatic N) is 2. The van der Waals surface area contributed by atoms with Crippen molar-refractivity contribution in [3.05, 3.63) is 24.3 Å². The lowest BCUT2D eigenvalue weighted by atomic mass is 10.2. The Morgan fingerprint density at radius 2 is 1.88 bits per heavy atom. The zero-order chi connectivity index (χ0) is 18.0. The van der Waals surface area contributed by atoms with E-state index in [9.17, 15) is 13.8 Å². The molecule has 0 spiro atoms. The van der Waals surface area contributed by atoms with Gasteiger partial charge in [0.15, 0.2) is 5.72 Å². The number of hydrogen-bond donors (Lipinski definition) is 2. The molecule has 3 N–H and O–H groups in total. The van der Waals surface area contributed by atoms with Crippen LogP contribution in [-0.2, 0) is 20.3 Å². The summed E-state index contributed by atoms with van der Waals surface area (Å²) < 4.78 is 16.7. The maximum Gasteiger partial charge on any atom is 0.416 e. The van der Waals surface area contributed by atoms with Crippen LogP contribution >= 0.6 is 0 Å². The fourth-order valence-electron chi connectivity index (χ4n) is 2.90. The van der Waals surface area contributed by atoms with Gasteiger partial charge in [-0.1, -0.05) is 0 Å². The minimum absolute atomic E-state index is 0.0631. The standard InChI is InChI=1S/C16H22N4O4S/c1-12(21)18-10-16(17)11-20(15(22)24-16)14-4-2-13(3-5-14)19-6-8-25(23)9-7-19/h2-5H,6-11,17H2,1H3,(H,18,21)/t16-/m0/s1. The Balaban J connectivity index is 1.67. The van der Waals surface area contributed by atoms with E-state index in [-0.39, 0.29) is 19.0 Å². The molecule has 8 nitrogen and oxygen atoms in total. The van der Waals surface area contributed by atoms with Gasteiger partial charge in [-0.25, -0.2) is 4.79 Å². The van der Waals surface area contributed by atoms with Gasteiger partial charge in [-0.05, 0) is 24.3 Å². The quantitative estimate of drug-likeness (QED) is 0.777. The summed E-state index contributed by atoms with van der Waals surface area (Å²) in [6.45, 7) is 3.13. The number of nitrogens with two attached hydrogens (primary N) is 1. The molecule has 136 valence electrons.